The topological polar surface area (TPSA) is 3.24 Å². The quantitative estimate of drug-likeness (QED) is 0.171. The number of anilines is 3. The maximum absolute atomic E-state index is 2.51. The first-order valence-electron chi connectivity index (χ1n) is 17.5. The van der Waals surface area contributed by atoms with Gasteiger partial charge in [0.15, 0.2) is 0 Å². The summed E-state index contributed by atoms with van der Waals surface area (Å²) in [7, 11) is 0. The van der Waals surface area contributed by atoms with Crippen LogP contribution in [0.5, 0.6) is 0 Å². The summed E-state index contributed by atoms with van der Waals surface area (Å²) >= 11 is 5.66. The van der Waals surface area contributed by atoms with E-state index >= 15 is 0 Å². The van der Waals surface area contributed by atoms with Gasteiger partial charge in [0, 0.05) is 61.5 Å². The van der Waals surface area contributed by atoms with Crippen molar-refractivity contribution >= 4 is 112 Å². The van der Waals surface area contributed by atoms with Gasteiger partial charge in [-0.15, -0.1) is 34.0 Å². The van der Waals surface area contributed by atoms with Crippen LogP contribution in [0.4, 0.5) is 17.1 Å². The zero-order chi connectivity index (χ0) is 34.2. The van der Waals surface area contributed by atoms with Crippen molar-refractivity contribution in [3.8, 4) is 22.3 Å². The normalized spacial score (nSPS) is 11.8. The summed E-state index contributed by atoms with van der Waals surface area (Å²) < 4.78 is 7.89. The zero-order valence-corrected chi connectivity index (χ0v) is 30.4. The van der Waals surface area contributed by atoms with E-state index in [2.05, 4.69) is 181 Å². The van der Waals surface area contributed by atoms with Gasteiger partial charge in [-0.3, -0.25) is 0 Å². The highest BCUT2D eigenvalue weighted by Crippen LogP contribution is 2.50. The van der Waals surface area contributed by atoms with Crippen molar-refractivity contribution in [1.82, 2.24) is 0 Å². The number of benzene rings is 8. The predicted octanol–water partition coefficient (Wildman–Crippen LogP) is 15.6. The largest absolute Gasteiger partial charge is 0.308 e. The fourth-order valence-corrected chi connectivity index (χ4v) is 11.6. The number of thiophene rings is 3. The van der Waals surface area contributed by atoms with Gasteiger partial charge in [-0.05, 0) is 64.7 Å². The molecule has 0 spiro atoms. The van der Waals surface area contributed by atoms with Gasteiger partial charge in [-0.1, -0.05) is 133 Å². The lowest BCUT2D eigenvalue weighted by atomic mass is 10.0. The lowest BCUT2D eigenvalue weighted by Crippen LogP contribution is -2.10. The summed E-state index contributed by atoms with van der Waals surface area (Å²) in [5.74, 6) is 0. The number of fused-ring (bicyclic) bond motifs is 9. The van der Waals surface area contributed by atoms with E-state index in [4.69, 9.17) is 0 Å². The average molecular weight is 716 g/mol. The van der Waals surface area contributed by atoms with E-state index in [9.17, 15) is 0 Å². The second-order valence-corrected chi connectivity index (χ2v) is 16.4. The van der Waals surface area contributed by atoms with Gasteiger partial charge in [0.05, 0.1) is 16.1 Å². The molecule has 0 saturated carbocycles. The van der Waals surface area contributed by atoms with Crippen LogP contribution in [0.15, 0.2) is 176 Å². The molecule has 3 heterocycles. The first kappa shape index (κ1) is 29.9. The highest BCUT2D eigenvalue weighted by atomic mass is 32.1. The van der Waals surface area contributed by atoms with Gasteiger partial charge in [0.25, 0.3) is 0 Å². The van der Waals surface area contributed by atoms with E-state index in [1.807, 2.05) is 34.0 Å². The summed E-state index contributed by atoms with van der Waals surface area (Å²) in [6.45, 7) is 0. The molecule has 0 unspecified atom stereocenters. The number of rotatable bonds is 5. The Morgan fingerprint density at radius 2 is 0.827 bits per heavy atom. The molecule has 1 nitrogen and oxygen atoms in total. The molecule has 11 rings (SSSR count). The summed E-state index contributed by atoms with van der Waals surface area (Å²) in [5, 5.41) is 7.84. The van der Waals surface area contributed by atoms with Gasteiger partial charge in [-0.25, -0.2) is 0 Å². The van der Waals surface area contributed by atoms with Crippen molar-refractivity contribution < 1.29 is 0 Å². The van der Waals surface area contributed by atoms with E-state index in [1.165, 1.54) is 94.1 Å². The Balaban J connectivity index is 1.15. The zero-order valence-electron chi connectivity index (χ0n) is 27.9. The van der Waals surface area contributed by atoms with Gasteiger partial charge in [0.1, 0.15) is 0 Å². The number of hydrogen-bond acceptors (Lipinski definition) is 4. The molecule has 0 N–H and O–H groups in total. The molecule has 52 heavy (non-hydrogen) atoms. The summed E-state index contributed by atoms with van der Waals surface area (Å²) in [6.07, 6.45) is 0. The minimum atomic E-state index is 1.14. The van der Waals surface area contributed by atoms with Crippen LogP contribution in [0.25, 0.3) is 82.8 Å². The highest BCUT2D eigenvalue weighted by Gasteiger charge is 2.22. The van der Waals surface area contributed by atoms with E-state index in [0.29, 0.717) is 0 Å². The van der Waals surface area contributed by atoms with Crippen LogP contribution in [-0.2, 0) is 0 Å². The molecule has 0 saturated heterocycles. The van der Waals surface area contributed by atoms with Crippen molar-refractivity contribution in [3.63, 3.8) is 0 Å². The maximum atomic E-state index is 2.51. The SMILES string of the molecule is c1ccc(-c2cccc3c2sc2c(N(c4ccc(-c5cccc6c5sc5ccccc56)cc4)c4cccc5sc6ccccc6c45)cccc23)cc1. The first-order valence-corrected chi connectivity index (χ1v) is 20.0. The number of nitrogens with zero attached hydrogens (tertiary/aromatic N) is 1. The standard InChI is InChI=1S/C48H29NS3/c1-2-12-30(13-3-1)33-16-9-19-37-38-20-10-22-41(48(38)52-47(33)37)49(40-21-11-25-44-45(40)39-15-5-7-24-43(39)50-44)32-28-26-31(27-29-32)34-17-8-18-36-35-14-4-6-23-42(35)51-46(34)36/h1-29H. The number of hydrogen-bond donors (Lipinski definition) is 0. The van der Waals surface area contributed by atoms with E-state index < -0.39 is 0 Å². The van der Waals surface area contributed by atoms with Crippen molar-refractivity contribution in [2.45, 2.75) is 0 Å². The minimum Gasteiger partial charge on any atom is -0.308 e. The highest BCUT2D eigenvalue weighted by molar-refractivity contribution is 7.27. The molecule has 8 aromatic carbocycles. The fourth-order valence-electron chi connectivity index (χ4n) is 7.94. The predicted molar refractivity (Wildman–Crippen MR) is 231 cm³/mol. The van der Waals surface area contributed by atoms with Crippen molar-refractivity contribution in [1.29, 1.82) is 0 Å². The Morgan fingerprint density at radius 1 is 0.308 bits per heavy atom. The Labute approximate surface area is 312 Å². The molecule has 3 aromatic heterocycles. The van der Waals surface area contributed by atoms with Crippen LogP contribution < -0.4 is 4.90 Å². The third-order valence-corrected chi connectivity index (χ3v) is 13.9. The van der Waals surface area contributed by atoms with Crippen LogP contribution in [0.1, 0.15) is 0 Å². The van der Waals surface area contributed by atoms with Crippen LogP contribution >= 0.6 is 34.0 Å². The van der Waals surface area contributed by atoms with Crippen molar-refractivity contribution in [2.75, 3.05) is 4.90 Å². The molecule has 0 radical (unpaired) electrons. The molecule has 0 atom stereocenters. The molecule has 0 bridgehead atoms. The van der Waals surface area contributed by atoms with Crippen molar-refractivity contribution in [2.24, 2.45) is 0 Å². The molecule has 0 fully saturated rings. The van der Waals surface area contributed by atoms with Crippen LogP contribution in [-0.4, -0.2) is 0 Å². The van der Waals surface area contributed by atoms with Gasteiger partial charge in [-0.2, -0.15) is 0 Å². The molecular formula is C48H29NS3. The average Bonchev–Trinajstić information content (AvgIpc) is 3.91. The fraction of sp³-hybridized carbons (Fsp3) is 0. The Hall–Kier alpha value is -5.78. The van der Waals surface area contributed by atoms with Gasteiger partial charge < -0.3 is 4.90 Å². The summed E-state index contributed by atoms with van der Waals surface area (Å²) in [6, 6.07) is 64.7. The van der Waals surface area contributed by atoms with E-state index in [1.54, 1.807) is 0 Å². The minimum absolute atomic E-state index is 1.14. The molecule has 0 amide bonds. The summed E-state index contributed by atoms with van der Waals surface area (Å²) in [4.78, 5) is 2.51. The smallest absolute Gasteiger partial charge is 0.0640 e. The maximum Gasteiger partial charge on any atom is 0.0640 e. The summed E-state index contributed by atoms with van der Waals surface area (Å²) in [5.41, 5.74) is 8.57. The molecule has 244 valence electrons. The second-order valence-electron chi connectivity index (χ2n) is 13.2. The van der Waals surface area contributed by atoms with E-state index in [-0.39, 0.29) is 0 Å². The van der Waals surface area contributed by atoms with Crippen LogP contribution in [0.3, 0.4) is 0 Å². The first-order chi connectivity index (χ1) is 25.8. The van der Waals surface area contributed by atoms with Gasteiger partial charge in [0.2, 0.25) is 0 Å². The second kappa shape index (κ2) is 11.9. The third kappa shape index (κ3) is 4.59. The van der Waals surface area contributed by atoms with E-state index in [0.717, 1.165) is 5.69 Å². The molecule has 11 aromatic rings. The molecule has 0 aliphatic rings. The third-order valence-electron chi connectivity index (χ3n) is 10.3. The Kier molecular flexibility index (Phi) is 6.84. The molecule has 4 heteroatoms. The molecule has 0 aliphatic carbocycles. The van der Waals surface area contributed by atoms with Crippen LogP contribution in [0, 0.1) is 0 Å². The van der Waals surface area contributed by atoms with Crippen LogP contribution in [0.2, 0.25) is 0 Å². The lowest BCUT2D eigenvalue weighted by molar-refractivity contribution is 1.32. The van der Waals surface area contributed by atoms with Gasteiger partial charge >= 0.3 is 0 Å². The Bertz CT molecular complexity index is 3130. The Morgan fingerprint density at radius 3 is 1.60 bits per heavy atom. The monoisotopic (exact) mass is 715 g/mol. The molecular weight excluding hydrogens is 687 g/mol. The lowest BCUT2D eigenvalue weighted by Gasteiger charge is -2.27. The molecule has 0 aliphatic heterocycles. The van der Waals surface area contributed by atoms with Crippen molar-refractivity contribution in [3.05, 3.63) is 176 Å².